The summed E-state index contributed by atoms with van der Waals surface area (Å²) in [4.78, 5) is 33.6. The molecule has 0 fully saturated rings. The van der Waals surface area contributed by atoms with Crippen LogP contribution in [0, 0.1) is 18.6 Å². The van der Waals surface area contributed by atoms with E-state index in [1.54, 1.807) is 43.5 Å². The fourth-order valence-electron chi connectivity index (χ4n) is 4.28. The Hall–Kier alpha value is -4.27. The first kappa shape index (κ1) is 25.8. The van der Waals surface area contributed by atoms with Gasteiger partial charge in [-0.1, -0.05) is 24.3 Å². The minimum absolute atomic E-state index is 0.0295. The molecule has 0 aliphatic rings. The molecular weight excluding hydrogens is 478 g/mol. The monoisotopic (exact) mass is 506 g/mol. The van der Waals surface area contributed by atoms with Crippen molar-refractivity contribution in [3.8, 4) is 16.9 Å². The first-order valence-electron chi connectivity index (χ1n) is 11.8. The molecule has 192 valence electrons. The van der Waals surface area contributed by atoms with Gasteiger partial charge in [-0.15, -0.1) is 0 Å². The van der Waals surface area contributed by atoms with Gasteiger partial charge in [-0.2, -0.15) is 0 Å². The minimum atomic E-state index is -0.768. The lowest BCUT2D eigenvalue weighted by atomic mass is 10.0. The third kappa shape index (κ3) is 5.16. The number of halogens is 2. The summed E-state index contributed by atoms with van der Waals surface area (Å²) in [5, 5.41) is 0. The molecule has 2 aromatic carbocycles. The minimum Gasteiger partial charge on any atom is -0.497 e. The van der Waals surface area contributed by atoms with Crippen molar-refractivity contribution in [2.45, 2.75) is 33.0 Å². The Kier molecular flexibility index (Phi) is 7.52. The van der Waals surface area contributed by atoms with Gasteiger partial charge in [0.2, 0.25) is 0 Å². The van der Waals surface area contributed by atoms with Crippen LogP contribution in [-0.4, -0.2) is 34.3 Å². The molecule has 0 saturated carbocycles. The van der Waals surface area contributed by atoms with Crippen LogP contribution in [0.3, 0.4) is 0 Å². The summed E-state index contributed by atoms with van der Waals surface area (Å²) < 4.78 is 36.8. The SMILES string of the molecule is COc1cccc(-c2c(C)n(Cc3c(F)cccc3F)c(=O)n(C[C@@H](C)N(C)c3ccccn3)c2=O)c1. The van der Waals surface area contributed by atoms with Crippen molar-refractivity contribution in [2.24, 2.45) is 0 Å². The van der Waals surface area contributed by atoms with Crippen LogP contribution in [0.2, 0.25) is 0 Å². The number of aromatic nitrogens is 3. The zero-order valence-corrected chi connectivity index (χ0v) is 21.1. The van der Waals surface area contributed by atoms with Crippen molar-refractivity contribution >= 4 is 5.82 Å². The quantitative estimate of drug-likeness (QED) is 0.358. The molecule has 0 radical (unpaired) electrons. The van der Waals surface area contributed by atoms with Gasteiger partial charge in [0.25, 0.3) is 5.56 Å². The van der Waals surface area contributed by atoms with Crippen LogP contribution in [0.5, 0.6) is 5.75 Å². The van der Waals surface area contributed by atoms with E-state index in [0.717, 1.165) is 16.7 Å². The van der Waals surface area contributed by atoms with Gasteiger partial charge < -0.3 is 9.64 Å². The highest BCUT2D eigenvalue weighted by Gasteiger charge is 2.22. The predicted molar refractivity (Wildman–Crippen MR) is 139 cm³/mol. The lowest BCUT2D eigenvalue weighted by Crippen LogP contribution is -2.46. The molecule has 0 amide bonds. The summed E-state index contributed by atoms with van der Waals surface area (Å²) in [6, 6.07) is 15.6. The van der Waals surface area contributed by atoms with Crippen LogP contribution in [-0.2, 0) is 13.1 Å². The third-order valence-corrected chi connectivity index (χ3v) is 6.54. The maximum absolute atomic E-state index is 14.6. The number of likely N-dealkylation sites (N-methyl/N-ethyl adjacent to an activating group) is 1. The Morgan fingerprint density at radius 2 is 1.70 bits per heavy atom. The second kappa shape index (κ2) is 10.8. The number of nitrogens with zero attached hydrogens (tertiary/aromatic N) is 4. The summed E-state index contributed by atoms with van der Waals surface area (Å²) in [5.74, 6) is -0.327. The molecule has 7 nitrogen and oxygen atoms in total. The fraction of sp³-hybridized carbons (Fsp3) is 0.250. The summed E-state index contributed by atoms with van der Waals surface area (Å²) in [6.45, 7) is 3.13. The van der Waals surface area contributed by atoms with Crippen molar-refractivity contribution in [3.05, 3.63) is 111 Å². The van der Waals surface area contributed by atoms with Crippen molar-refractivity contribution < 1.29 is 13.5 Å². The van der Waals surface area contributed by atoms with Gasteiger partial charge in [-0.3, -0.25) is 13.9 Å². The lowest BCUT2D eigenvalue weighted by molar-refractivity contribution is 0.415. The van der Waals surface area contributed by atoms with Crippen LogP contribution in [0.1, 0.15) is 18.2 Å². The molecule has 0 bridgehead atoms. The normalized spacial score (nSPS) is 11.8. The summed E-state index contributed by atoms with van der Waals surface area (Å²) in [7, 11) is 3.34. The Morgan fingerprint density at radius 1 is 1.00 bits per heavy atom. The van der Waals surface area contributed by atoms with E-state index in [1.165, 1.54) is 17.7 Å². The maximum Gasteiger partial charge on any atom is 0.331 e. The number of anilines is 1. The highest BCUT2D eigenvalue weighted by atomic mass is 19.1. The Balaban J connectivity index is 1.89. The molecule has 37 heavy (non-hydrogen) atoms. The smallest absolute Gasteiger partial charge is 0.331 e. The average molecular weight is 507 g/mol. The van der Waals surface area contributed by atoms with Gasteiger partial charge in [0.15, 0.2) is 0 Å². The van der Waals surface area contributed by atoms with Crippen LogP contribution < -0.4 is 20.9 Å². The molecule has 0 aliphatic heterocycles. The van der Waals surface area contributed by atoms with E-state index in [4.69, 9.17) is 4.74 Å². The topological polar surface area (TPSA) is 69.4 Å². The fourth-order valence-corrected chi connectivity index (χ4v) is 4.28. The summed E-state index contributed by atoms with van der Waals surface area (Å²) >= 11 is 0. The lowest BCUT2D eigenvalue weighted by Gasteiger charge is -2.27. The number of hydrogen-bond acceptors (Lipinski definition) is 5. The van der Waals surface area contributed by atoms with Gasteiger partial charge in [0.05, 0.1) is 25.8 Å². The zero-order chi connectivity index (χ0) is 26.7. The van der Waals surface area contributed by atoms with E-state index < -0.39 is 22.9 Å². The van der Waals surface area contributed by atoms with Crippen LogP contribution >= 0.6 is 0 Å². The Bertz CT molecular complexity index is 1510. The standard InChI is InChI=1S/C28H28F2N4O3/c1-18(32(3)25-13-5-6-14-31-25)16-34-27(35)26(20-9-7-10-21(15-20)37-4)19(2)33(28(34)36)17-22-23(29)11-8-12-24(22)30/h5-15,18H,16-17H2,1-4H3/t18-/m1/s1. The summed E-state index contributed by atoms with van der Waals surface area (Å²) in [6.07, 6.45) is 1.66. The van der Waals surface area contributed by atoms with E-state index in [-0.39, 0.29) is 30.3 Å². The maximum atomic E-state index is 14.6. The number of rotatable bonds is 8. The molecule has 0 spiro atoms. The van der Waals surface area contributed by atoms with Crippen molar-refractivity contribution in [1.82, 2.24) is 14.1 Å². The number of hydrogen-bond donors (Lipinski definition) is 0. The first-order chi connectivity index (χ1) is 17.7. The molecule has 2 aromatic heterocycles. The molecule has 4 rings (SSSR count). The molecule has 9 heteroatoms. The molecule has 1 atom stereocenters. The summed E-state index contributed by atoms with van der Waals surface area (Å²) in [5.41, 5.74) is -0.326. The first-order valence-corrected chi connectivity index (χ1v) is 11.8. The third-order valence-electron chi connectivity index (χ3n) is 6.54. The molecule has 2 heterocycles. The Morgan fingerprint density at radius 3 is 2.35 bits per heavy atom. The van der Waals surface area contributed by atoms with Crippen molar-refractivity contribution in [3.63, 3.8) is 0 Å². The second-order valence-electron chi connectivity index (χ2n) is 8.82. The molecule has 0 unspecified atom stereocenters. The van der Waals surface area contributed by atoms with Crippen LogP contribution in [0.15, 0.2) is 76.4 Å². The highest BCUT2D eigenvalue weighted by Crippen LogP contribution is 2.24. The van der Waals surface area contributed by atoms with Gasteiger partial charge >= 0.3 is 5.69 Å². The number of pyridine rings is 1. The number of ether oxygens (including phenoxy) is 1. The van der Waals surface area contributed by atoms with E-state index in [0.29, 0.717) is 22.8 Å². The average Bonchev–Trinajstić information content (AvgIpc) is 2.90. The second-order valence-corrected chi connectivity index (χ2v) is 8.82. The highest BCUT2D eigenvalue weighted by molar-refractivity contribution is 5.66. The van der Waals surface area contributed by atoms with Crippen LogP contribution in [0.4, 0.5) is 14.6 Å². The Labute approximate surface area is 213 Å². The van der Waals surface area contributed by atoms with Gasteiger partial charge in [-0.25, -0.2) is 18.6 Å². The van der Waals surface area contributed by atoms with E-state index in [9.17, 15) is 18.4 Å². The van der Waals surface area contributed by atoms with Gasteiger partial charge in [0.1, 0.15) is 23.2 Å². The van der Waals surface area contributed by atoms with Gasteiger partial charge in [-0.05, 0) is 55.8 Å². The van der Waals surface area contributed by atoms with Gasteiger partial charge in [0, 0.05) is 30.5 Å². The van der Waals surface area contributed by atoms with E-state index in [2.05, 4.69) is 4.98 Å². The zero-order valence-electron chi connectivity index (χ0n) is 21.1. The molecule has 0 saturated heterocycles. The van der Waals surface area contributed by atoms with Crippen molar-refractivity contribution in [2.75, 3.05) is 19.1 Å². The van der Waals surface area contributed by atoms with Crippen molar-refractivity contribution in [1.29, 1.82) is 0 Å². The molecule has 0 N–H and O–H groups in total. The van der Waals surface area contributed by atoms with Crippen LogP contribution in [0.25, 0.3) is 11.1 Å². The predicted octanol–water partition coefficient (Wildman–Crippen LogP) is 4.24. The number of methoxy groups -OCH3 is 1. The molecule has 4 aromatic rings. The number of benzene rings is 2. The van der Waals surface area contributed by atoms with E-state index in [1.807, 2.05) is 31.0 Å². The molecule has 0 aliphatic carbocycles. The largest absolute Gasteiger partial charge is 0.497 e. The van der Waals surface area contributed by atoms with E-state index >= 15 is 0 Å². The molecular formula is C28H28F2N4O3.